The first-order chi connectivity index (χ1) is 10.9. The lowest BCUT2D eigenvalue weighted by molar-refractivity contribution is 0.388. The first-order valence-electron chi connectivity index (χ1n) is 7.10. The minimum Gasteiger partial charge on any atom is -0.207 e. The summed E-state index contributed by atoms with van der Waals surface area (Å²) in [5, 5.41) is 0. The molecule has 0 radical (unpaired) electrons. The van der Waals surface area contributed by atoms with Crippen molar-refractivity contribution in [3.63, 3.8) is 0 Å². The van der Waals surface area contributed by atoms with Crippen molar-refractivity contribution in [3.8, 4) is 0 Å². The summed E-state index contributed by atoms with van der Waals surface area (Å²) in [7, 11) is -4.18. The van der Waals surface area contributed by atoms with Gasteiger partial charge in [0.15, 0.2) is 0 Å². The number of rotatable bonds is 5. The monoisotopic (exact) mass is 341 g/mol. The van der Waals surface area contributed by atoms with Gasteiger partial charge >= 0.3 is 0 Å². The molecular weight excluding hydrogens is 327 g/mol. The molecule has 1 saturated carbocycles. The molecule has 0 spiro atoms. The van der Waals surface area contributed by atoms with E-state index in [0.29, 0.717) is 18.9 Å². The van der Waals surface area contributed by atoms with E-state index in [9.17, 15) is 21.6 Å². The van der Waals surface area contributed by atoms with E-state index in [4.69, 9.17) is 0 Å². The second kappa shape index (κ2) is 5.98. The molecular formula is C16H14F3NO2S. The van der Waals surface area contributed by atoms with Gasteiger partial charge in [-0.25, -0.2) is 21.6 Å². The maximum Gasteiger partial charge on any atom is 0.246 e. The molecule has 0 N–H and O–H groups in total. The molecule has 0 aliphatic heterocycles. The van der Waals surface area contributed by atoms with Crippen LogP contribution < -0.4 is 0 Å². The van der Waals surface area contributed by atoms with Crippen molar-refractivity contribution in [1.29, 1.82) is 0 Å². The van der Waals surface area contributed by atoms with Gasteiger partial charge in [-0.05, 0) is 31.0 Å². The Morgan fingerprint density at radius 3 is 2.30 bits per heavy atom. The summed E-state index contributed by atoms with van der Waals surface area (Å²) in [6.45, 7) is -0.184. The molecule has 2 aromatic carbocycles. The minimum absolute atomic E-state index is 0.184. The van der Waals surface area contributed by atoms with Gasteiger partial charge in [-0.3, -0.25) is 0 Å². The average Bonchev–Trinajstić information content (AvgIpc) is 3.30. The summed E-state index contributed by atoms with van der Waals surface area (Å²) in [6, 6.07) is 7.88. The first-order valence-corrected chi connectivity index (χ1v) is 8.54. The van der Waals surface area contributed by atoms with Gasteiger partial charge in [-0.2, -0.15) is 4.31 Å². The summed E-state index contributed by atoms with van der Waals surface area (Å²) in [5.74, 6) is -2.52. The molecule has 0 bridgehead atoms. The Bertz CT molecular complexity index is 835. The van der Waals surface area contributed by atoms with Crippen LogP contribution in [0.1, 0.15) is 18.4 Å². The molecule has 1 aliphatic carbocycles. The van der Waals surface area contributed by atoms with Crippen LogP contribution in [-0.2, 0) is 16.6 Å². The lowest BCUT2D eigenvalue weighted by atomic mass is 10.2. The van der Waals surface area contributed by atoms with Crippen LogP contribution >= 0.6 is 0 Å². The highest BCUT2D eigenvalue weighted by atomic mass is 32.2. The Morgan fingerprint density at radius 1 is 1.00 bits per heavy atom. The maximum absolute atomic E-state index is 13.9. The Morgan fingerprint density at radius 2 is 1.70 bits per heavy atom. The van der Waals surface area contributed by atoms with Crippen LogP contribution in [0.2, 0.25) is 0 Å². The van der Waals surface area contributed by atoms with E-state index in [1.807, 2.05) is 0 Å². The molecule has 0 saturated heterocycles. The number of hydrogen-bond acceptors (Lipinski definition) is 2. The average molecular weight is 341 g/mol. The van der Waals surface area contributed by atoms with Crippen LogP contribution in [0, 0.1) is 17.5 Å². The molecule has 1 aliphatic rings. The Kier molecular flexibility index (Phi) is 4.16. The van der Waals surface area contributed by atoms with Crippen LogP contribution in [-0.4, -0.2) is 18.8 Å². The summed E-state index contributed by atoms with van der Waals surface area (Å²) < 4.78 is 67.2. The van der Waals surface area contributed by atoms with Gasteiger partial charge in [0, 0.05) is 24.2 Å². The second-order valence-electron chi connectivity index (χ2n) is 5.45. The van der Waals surface area contributed by atoms with Crippen LogP contribution in [0.25, 0.3) is 0 Å². The fraction of sp³-hybridized carbons (Fsp3) is 0.250. The van der Waals surface area contributed by atoms with Crippen LogP contribution in [0.4, 0.5) is 13.2 Å². The molecule has 2 aromatic rings. The van der Waals surface area contributed by atoms with Gasteiger partial charge < -0.3 is 0 Å². The predicted molar refractivity (Wildman–Crippen MR) is 78.5 cm³/mol. The lowest BCUT2D eigenvalue weighted by Crippen LogP contribution is -2.33. The first kappa shape index (κ1) is 16.0. The van der Waals surface area contributed by atoms with E-state index in [1.54, 1.807) is 6.07 Å². The summed E-state index contributed by atoms with van der Waals surface area (Å²) >= 11 is 0. The zero-order valence-electron chi connectivity index (χ0n) is 12.0. The van der Waals surface area contributed by atoms with E-state index in [0.717, 1.165) is 16.4 Å². The number of benzene rings is 2. The van der Waals surface area contributed by atoms with Crippen molar-refractivity contribution < 1.29 is 21.6 Å². The van der Waals surface area contributed by atoms with Gasteiger partial charge in [0.1, 0.15) is 22.3 Å². The molecule has 23 heavy (non-hydrogen) atoms. The SMILES string of the molecule is O=S(=O)(c1ccc(F)cc1F)N(Cc1ccccc1F)C1CC1. The number of halogens is 3. The highest BCUT2D eigenvalue weighted by Gasteiger charge is 2.39. The molecule has 0 amide bonds. The topological polar surface area (TPSA) is 37.4 Å². The minimum atomic E-state index is -4.18. The standard InChI is InChI=1S/C16H14F3NO2S/c17-12-5-8-16(15(19)9-12)23(21,22)20(13-6-7-13)10-11-3-1-2-4-14(11)18/h1-5,8-9,13H,6-7,10H2. The van der Waals surface area contributed by atoms with Crippen molar-refractivity contribution in [1.82, 2.24) is 4.31 Å². The largest absolute Gasteiger partial charge is 0.246 e. The van der Waals surface area contributed by atoms with E-state index in [2.05, 4.69) is 0 Å². The zero-order valence-corrected chi connectivity index (χ0v) is 12.9. The van der Waals surface area contributed by atoms with E-state index >= 15 is 0 Å². The normalized spacial score (nSPS) is 15.1. The van der Waals surface area contributed by atoms with Gasteiger partial charge in [0.2, 0.25) is 10.0 Å². The fourth-order valence-electron chi connectivity index (χ4n) is 2.38. The smallest absolute Gasteiger partial charge is 0.207 e. The van der Waals surface area contributed by atoms with Gasteiger partial charge in [-0.1, -0.05) is 18.2 Å². The third kappa shape index (κ3) is 3.25. The summed E-state index contributed by atoms with van der Waals surface area (Å²) in [5.41, 5.74) is 0.213. The molecule has 3 nitrogen and oxygen atoms in total. The molecule has 3 rings (SSSR count). The highest BCUT2D eigenvalue weighted by molar-refractivity contribution is 7.89. The molecule has 0 unspecified atom stereocenters. The Labute approximate surface area is 132 Å². The van der Waals surface area contributed by atoms with Crippen molar-refractivity contribution in [2.75, 3.05) is 0 Å². The van der Waals surface area contributed by atoms with E-state index < -0.39 is 32.4 Å². The van der Waals surface area contributed by atoms with Gasteiger partial charge in [-0.15, -0.1) is 0 Å². The third-order valence-electron chi connectivity index (χ3n) is 3.72. The van der Waals surface area contributed by atoms with Crippen LogP contribution in [0.15, 0.2) is 47.4 Å². The third-order valence-corrected chi connectivity index (χ3v) is 5.65. The second-order valence-corrected chi connectivity index (χ2v) is 7.31. The summed E-state index contributed by atoms with van der Waals surface area (Å²) in [4.78, 5) is -0.595. The predicted octanol–water partition coefficient (Wildman–Crippen LogP) is 3.46. The molecule has 0 atom stereocenters. The summed E-state index contributed by atoms with van der Waals surface area (Å²) in [6.07, 6.45) is 1.27. The maximum atomic E-state index is 13.9. The number of nitrogens with zero attached hydrogens (tertiary/aromatic N) is 1. The molecule has 7 heteroatoms. The van der Waals surface area contributed by atoms with Crippen molar-refractivity contribution >= 4 is 10.0 Å². The highest BCUT2D eigenvalue weighted by Crippen LogP contribution is 2.34. The van der Waals surface area contributed by atoms with Crippen molar-refractivity contribution in [3.05, 3.63) is 65.5 Å². The zero-order chi connectivity index (χ0) is 16.6. The Balaban J connectivity index is 1.99. The molecule has 0 heterocycles. The van der Waals surface area contributed by atoms with Crippen LogP contribution in [0.5, 0.6) is 0 Å². The molecule has 0 aromatic heterocycles. The molecule has 1 fully saturated rings. The number of sulfonamides is 1. The van der Waals surface area contributed by atoms with Crippen molar-refractivity contribution in [2.24, 2.45) is 0 Å². The van der Waals surface area contributed by atoms with Gasteiger partial charge in [0.05, 0.1) is 0 Å². The quantitative estimate of drug-likeness (QED) is 0.835. The molecule has 122 valence electrons. The van der Waals surface area contributed by atoms with E-state index in [-0.39, 0.29) is 18.2 Å². The van der Waals surface area contributed by atoms with Gasteiger partial charge in [0.25, 0.3) is 0 Å². The van der Waals surface area contributed by atoms with Crippen LogP contribution in [0.3, 0.4) is 0 Å². The lowest BCUT2D eigenvalue weighted by Gasteiger charge is -2.22. The van der Waals surface area contributed by atoms with Crippen molar-refractivity contribution in [2.45, 2.75) is 30.3 Å². The number of hydrogen-bond donors (Lipinski definition) is 0. The fourth-order valence-corrected chi connectivity index (χ4v) is 4.09. The Hall–Kier alpha value is -1.86. The van der Waals surface area contributed by atoms with E-state index in [1.165, 1.54) is 18.2 Å².